The summed E-state index contributed by atoms with van der Waals surface area (Å²) in [4.78, 5) is 12.0. The quantitative estimate of drug-likeness (QED) is 0.888. The Bertz CT molecular complexity index is 530. The number of amides is 1. The summed E-state index contributed by atoms with van der Waals surface area (Å²) in [5.41, 5.74) is 9.01. The van der Waals surface area contributed by atoms with Gasteiger partial charge in [-0.05, 0) is 62.3 Å². The van der Waals surface area contributed by atoms with E-state index in [-0.39, 0.29) is 5.91 Å². The Morgan fingerprint density at radius 1 is 1.35 bits per heavy atom. The molecule has 108 valence electrons. The van der Waals surface area contributed by atoms with Crippen LogP contribution in [0.15, 0.2) is 18.2 Å². The molecule has 1 saturated carbocycles. The predicted octanol–water partition coefficient (Wildman–Crippen LogP) is 3.15. The van der Waals surface area contributed by atoms with Gasteiger partial charge in [-0.3, -0.25) is 4.79 Å². The second-order valence-electron chi connectivity index (χ2n) is 6.77. The monoisotopic (exact) mass is 272 g/mol. The number of hydrogen-bond acceptors (Lipinski definition) is 2. The molecule has 1 aliphatic heterocycles. The Balaban J connectivity index is 1.96. The van der Waals surface area contributed by atoms with Crippen LogP contribution in [0.5, 0.6) is 0 Å². The van der Waals surface area contributed by atoms with Crippen molar-refractivity contribution in [3.05, 3.63) is 29.3 Å². The van der Waals surface area contributed by atoms with E-state index in [1.54, 1.807) is 0 Å². The zero-order valence-corrected chi connectivity index (χ0v) is 12.4. The van der Waals surface area contributed by atoms with E-state index in [0.29, 0.717) is 18.4 Å². The standard InChI is InChI=1S/C17H24N2O/c1-17(2)14-9-12(7-8-15(14)19-16(17)20)13(10-18)11-5-3-4-6-11/h7-9,11,13H,3-6,10,18H2,1-2H3,(H,19,20). The smallest absolute Gasteiger partial charge is 0.234 e. The SMILES string of the molecule is CC1(C)C(=O)Nc2ccc(C(CN)C3CCCC3)cc21. The van der Waals surface area contributed by atoms with Gasteiger partial charge in [0.05, 0.1) is 5.41 Å². The van der Waals surface area contributed by atoms with E-state index < -0.39 is 5.41 Å². The number of anilines is 1. The van der Waals surface area contributed by atoms with Crippen molar-refractivity contribution >= 4 is 11.6 Å². The molecule has 3 nitrogen and oxygen atoms in total. The zero-order valence-electron chi connectivity index (χ0n) is 12.4. The molecule has 3 heteroatoms. The number of fused-ring (bicyclic) bond motifs is 1. The van der Waals surface area contributed by atoms with Gasteiger partial charge in [0, 0.05) is 5.69 Å². The van der Waals surface area contributed by atoms with Gasteiger partial charge in [-0.15, -0.1) is 0 Å². The number of hydrogen-bond donors (Lipinski definition) is 2. The topological polar surface area (TPSA) is 55.1 Å². The second kappa shape index (κ2) is 4.88. The molecule has 1 heterocycles. The van der Waals surface area contributed by atoms with Crippen molar-refractivity contribution in [1.29, 1.82) is 0 Å². The highest BCUT2D eigenvalue weighted by Crippen LogP contribution is 2.42. The van der Waals surface area contributed by atoms with Gasteiger partial charge in [-0.1, -0.05) is 25.0 Å². The third-order valence-electron chi connectivity index (χ3n) is 5.18. The lowest BCUT2D eigenvalue weighted by molar-refractivity contribution is -0.119. The molecular weight excluding hydrogens is 248 g/mol. The Morgan fingerprint density at radius 2 is 2.05 bits per heavy atom. The van der Waals surface area contributed by atoms with Gasteiger partial charge in [-0.25, -0.2) is 0 Å². The molecule has 20 heavy (non-hydrogen) atoms. The third kappa shape index (κ3) is 2.05. The number of nitrogens with two attached hydrogens (primary N) is 1. The van der Waals surface area contributed by atoms with E-state index >= 15 is 0 Å². The van der Waals surface area contributed by atoms with E-state index in [4.69, 9.17) is 5.73 Å². The Morgan fingerprint density at radius 3 is 2.70 bits per heavy atom. The first-order chi connectivity index (χ1) is 9.54. The van der Waals surface area contributed by atoms with E-state index in [0.717, 1.165) is 11.3 Å². The second-order valence-corrected chi connectivity index (χ2v) is 6.77. The molecule has 1 aliphatic carbocycles. The fourth-order valence-corrected chi connectivity index (χ4v) is 3.78. The predicted molar refractivity (Wildman–Crippen MR) is 81.9 cm³/mol. The van der Waals surface area contributed by atoms with Crippen molar-refractivity contribution in [1.82, 2.24) is 0 Å². The van der Waals surface area contributed by atoms with Crippen LogP contribution in [-0.4, -0.2) is 12.5 Å². The van der Waals surface area contributed by atoms with Gasteiger partial charge in [0.25, 0.3) is 0 Å². The molecule has 1 aromatic carbocycles. The molecule has 1 aromatic rings. The van der Waals surface area contributed by atoms with E-state index in [9.17, 15) is 4.79 Å². The summed E-state index contributed by atoms with van der Waals surface area (Å²) in [6.07, 6.45) is 5.24. The molecule has 0 radical (unpaired) electrons. The third-order valence-corrected chi connectivity index (χ3v) is 5.18. The lowest BCUT2D eigenvalue weighted by atomic mass is 9.80. The average molecular weight is 272 g/mol. The Hall–Kier alpha value is -1.35. The van der Waals surface area contributed by atoms with E-state index in [1.807, 2.05) is 13.8 Å². The van der Waals surface area contributed by atoms with E-state index in [1.165, 1.54) is 31.2 Å². The maximum Gasteiger partial charge on any atom is 0.234 e. The number of rotatable bonds is 3. The minimum Gasteiger partial charge on any atom is -0.330 e. The fourth-order valence-electron chi connectivity index (χ4n) is 3.78. The normalized spacial score (nSPS) is 22.6. The van der Waals surface area contributed by atoms with Crippen molar-refractivity contribution < 1.29 is 4.79 Å². The van der Waals surface area contributed by atoms with Crippen molar-refractivity contribution in [2.75, 3.05) is 11.9 Å². The molecule has 0 bridgehead atoms. The number of benzene rings is 1. The van der Waals surface area contributed by atoms with Gasteiger partial charge in [0.1, 0.15) is 0 Å². The van der Waals surface area contributed by atoms with Crippen LogP contribution in [0.4, 0.5) is 5.69 Å². The highest BCUT2D eigenvalue weighted by Gasteiger charge is 2.39. The van der Waals surface area contributed by atoms with Gasteiger partial charge in [-0.2, -0.15) is 0 Å². The summed E-state index contributed by atoms with van der Waals surface area (Å²) in [5.74, 6) is 1.25. The van der Waals surface area contributed by atoms with Crippen molar-refractivity contribution in [3.8, 4) is 0 Å². The first-order valence-corrected chi connectivity index (χ1v) is 7.70. The average Bonchev–Trinajstić information content (AvgIpc) is 3.01. The van der Waals surface area contributed by atoms with Crippen LogP contribution in [0, 0.1) is 5.92 Å². The van der Waals surface area contributed by atoms with Gasteiger partial charge >= 0.3 is 0 Å². The number of carbonyl (C=O) groups is 1. The summed E-state index contributed by atoms with van der Waals surface area (Å²) in [5, 5.41) is 2.97. The summed E-state index contributed by atoms with van der Waals surface area (Å²) < 4.78 is 0. The molecule has 1 atom stereocenters. The lowest BCUT2D eigenvalue weighted by Gasteiger charge is -2.24. The Kier molecular flexibility index (Phi) is 3.33. The summed E-state index contributed by atoms with van der Waals surface area (Å²) in [6, 6.07) is 6.41. The van der Waals surface area contributed by atoms with Crippen molar-refractivity contribution in [2.45, 2.75) is 50.9 Å². The Labute approximate surface area is 120 Å². The zero-order chi connectivity index (χ0) is 14.3. The van der Waals surface area contributed by atoms with Crippen LogP contribution in [0.2, 0.25) is 0 Å². The molecule has 0 spiro atoms. The van der Waals surface area contributed by atoms with Crippen molar-refractivity contribution in [2.24, 2.45) is 11.7 Å². The minimum absolute atomic E-state index is 0.0924. The van der Waals surface area contributed by atoms with Crippen LogP contribution >= 0.6 is 0 Å². The number of carbonyl (C=O) groups excluding carboxylic acids is 1. The highest BCUT2D eigenvalue weighted by atomic mass is 16.2. The van der Waals surface area contributed by atoms with Crippen molar-refractivity contribution in [3.63, 3.8) is 0 Å². The van der Waals surface area contributed by atoms with Crippen LogP contribution in [0.1, 0.15) is 56.6 Å². The molecule has 3 rings (SSSR count). The largest absolute Gasteiger partial charge is 0.330 e. The first-order valence-electron chi connectivity index (χ1n) is 7.70. The summed E-state index contributed by atoms with van der Waals surface area (Å²) in [7, 11) is 0. The molecule has 1 fully saturated rings. The van der Waals surface area contributed by atoms with Crippen LogP contribution in [0.25, 0.3) is 0 Å². The van der Waals surface area contributed by atoms with Gasteiger partial charge in [0.15, 0.2) is 0 Å². The van der Waals surface area contributed by atoms with Crippen LogP contribution < -0.4 is 11.1 Å². The number of nitrogens with one attached hydrogen (secondary N) is 1. The minimum atomic E-state index is -0.430. The maximum absolute atomic E-state index is 12.0. The molecule has 2 aliphatic rings. The highest BCUT2D eigenvalue weighted by molar-refractivity contribution is 6.05. The van der Waals surface area contributed by atoms with Gasteiger partial charge in [0.2, 0.25) is 5.91 Å². The summed E-state index contributed by atoms with van der Waals surface area (Å²) in [6.45, 7) is 4.68. The van der Waals surface area contributed by atoms with E-state index in [2.05, 4.69) is 23.5 Å². The fraction of sp³-hybridized carbons (Fsp3) is 0.588. The molecule has 1 amide bonds. The van der Waals surface area contributed by atoms with Crippen LogP contribution in [0.3, 0.4) is 0 Å². The first kappa shape index (κ1) is 13.6. The summed E-state index contributed by atoms with van der Waals surface area (Å²) >= 11 is 0. The lowest BCUT2D eigenvalue weighted by Crippen LogP contribution is -2.27. The maximum atomic E-state index is 12.0. The molecule has 3 N–H and O–H groups in total. The molecule has 1 unspecified atom stereocenters. The molecule has 0 saturated heterocycles. The molecule has 0 aromatic heterocycles. The van der Waals surface area contributed by atoms with Crippen LogP contribution in [-0.2, 0) is 10.2 Å². The van der Waals surface area contributed by atoms with Gasteiger partial charge < -0.3 is 11.1 Å². The molecular formula is C17H24N2O.